The van der Waals surface area contributed by atoms with Crippen molar-refractivity contribution < 1.29 is 9.63 Å². The smallest absolute Gasteiger partial charge is 0.171 e. The molecule has 0 saturated heterocycles. The van der Waals surface area contributed by atoms with E-state index in [9.17, 15) is 4.79 Å². The summed E-state index contributed by atoms with van der Waals surface area (Å²) in [5.74, 6) is 0.0228. The Balaban J connectivity index is 1.78. The number of H-pyrrole nitrogens is 1. The number of alkyl halides is 1. The van der Waals surface area contributed by atoms with Gasteiger partial charge in [-0.2, -0.15) is 0 Å². The molecule has 2 aromatic rings. The number of para-hydroxylation sites is 1. The molecule has 0 atom stereocenters. The van der Waals surface area contributed by atoms with Crippen molar-refractivity contribution in [2.45, 2.75) is 6.42 Å². The number of aromatic amines is 1. The quantitative estimate of drug-likeness (QED) is 0.468. The Morgan fingerprint density at radius 1 is 1.39 bits per heavy atom. The zero-order valence-electron chi connectivity index (χ0n) is 9.91. The summed E-state index contributed by atoms with van der Waals surface area (Å²) in [6, 6.07) is 8.18. The van der Waals surface area contributed by atoms with Gasteiger partial charge in [0.05, 0.1) is 5.33 Å². The number of ketones is 1. The highest BCUT2D eigenvalue weighted by Gasteiger charge is 2.02. The van der Waals surface area contributed by atoms with Gasteiger partial charge in [0.25, 0.3) is 0 Å². The van der Waals surface area contributed by atoms with Crippen molar-refractivity contribution in [3.8, 4) is 0 Å². The predicted molar refractivity (Wildman–Crippen MR) is 74.8 cm³/mol. The molecule has 0 saturated carbocycles. The van der Waals surface area contributed by atoms with Crippen LogP contribution >= 0.6 is 15.9 Å². The number of hydrogen-bond donors (Lipinski definition) is 2. The van der Waals surface area contributed by atoms with E-state index in [0.29, 0.717) is 11.9 Å². The molecule has 0 fully saturated rings. The molecule has 1 aromatic carbocycles. The van der Waals surface area contributed by atoms with E-state index in [0.717, 1.165) is 11.9 Å². The van der Waals surface area contributed by atoms with Crippen molar-refractivity contribution >= 4 is 32.6 Å². The van der Waals surface area contributed by atoms with Crippen molar-refractivity contribution in [2.24, 2.45) is 0 Å². The van der Waals surface area contributed by atoms with Gasteiger partial charge < -0.3 is 4.98 Å². The zero-order chi connectivity index (χ0) is 12.8. The second-order valence-electron chi connectivity index (χ2n) is 3.96. The molecule has 2 rings (SSSR count). The highest BCUT2D eigenvalue weighted by Crippen LogP contribution is 2.17. The van der Waals surface area contributed by atoms with E-state index >= 15 is 0 Å². The first-order valence-corrected chi connectivity index (χ1v) is 6.90. The number of hydroxylamine groups is 1. The number of fused-ring (bicyclic) bond motifs is 1. The summed E-state index contributed by atoms with van der Waals surface area (Å²) in [6.45, 7) is 0.774. The van der Waals surface area contributed by atoms with Crippen LogP contribution in [0.2, 0.25) is 0 Å². The van der Waals surface area contributed by atoms with Crippen molar-refractivity contribution in [3.05, 3.63) is 36.0 Å². The minimum absolute atomic E-state index is 0.0228. The van der Waals surface area contributed by atoms with Crippen LogP contribution in [0.25, 0.3) is 10.9 Å². The number of nitrogens with one attached hydrogen (secondary N) is 2. The van der Waals surface area contributed by atoms with E-state index < -0.39 is 0 Å². The summed E-state index contributed by atoms with van der Waals surface area (Å²) in [5, 5.41) is 1.56. The monoisotopic (exact) mass is 310 g/mol. The lowest BCUT2D eigenvalue weighted by Gasteiger charge is -2.03. The lowest BCUT2D eigenvalue weighted by Crippen LogP contribution is -2.22. The SMILES string of the molecule is O=C(CBr)CONCCc1c[nH]c2ccccc12. The lowest BCUT2D eigenvalue weighted by molar-refractivity contribution is -0.123. The Morgan fingerprint density at radius 2 is 2.22 bits per heavy atom. The van der Waals surface area contributed by atoms with Crippen LogP contribution < -0.4 is 5.48 Å². The molecule has 0 aliphatic rings. The number of carbonyl (C=O) groups is 1. The highest BCUT2D eigenvalue weighted by molar-refractivity contribution is 9.09. The number of rotatable bonds is 7. The summed E-state index contributed by atoms with van der Waals surface area (Å²) < 4.78 is 0. The Labute approximate surface area is 114 Å². The first-order valence-electron chi connectivity index (χ1n) is 5.78. The van der Waals surface area contributed by atoms with Gasteiger partial charge in [-0.05, 0) is 18.1 Å². The van der Waals surface area contributed by atoms with E-state index in [1.807, 2.05) is 18.3 Å². The van der Waals surface area contributed by atoms with Crippen LogP contribution in [0.1, 0.15) is 5.56 Å². The van der Waals surface area contributed by atoms with E-state index in [2.05, 4.69) is 38.5 Å². The molecule has 1 heterocycles. The minimum Gasteiger partial charge on any atom is -0.361 e. The van der Waals surface area contributed by atoms with Gasteiger partial charge >= 0.3 is 0 Å². The third-order valence-corrected chi connectivity index (χ3v) is 3.28. The first-order chi connectivity index (χ1) is 8.81. The molecular weight excluding hydrogens is 296 g/mol. The molecule has 0 bridgehead atoms. The fraction of sp³-hybridized carbons (Fsp3) is 0.308. The summed E-state index contributed by atoms with van der Waals surface area (Å²) in [4.78, 5) is 19.2. The summed E-state index contributed by atoms with van der Waals surface area (Å²) >= 11 is 3.08. The molecule has 2 N–H and O–H groups in total. The third-order valence-electron chi connectivity index (χ3n) is 2.66. The molecule has 0 aliphatic heterocycles. The Bertz CT molecular complexity index is 524. The second kappa shape index (κ2) is 6.68. The van der Waals surface area contributed by atoms with Crippen LogP contribution in [-0.2, 0) is 16.1 Å². The van der Waals surface area contributed by atoms with Gasteiger partial charge in [0.2, 0.25) is 0 Å². The largest absolute Gasteiger partial charge is 0.361 e. The van der Waals surface area contributed by atoms with E-state index in [-0.39, 0.29) is 12.4 Å². The topological polar surface area (TPSA) is 54.1 Å². The maximum atomic E-state index is 11.0. The van der Waals surface area contributed by atoms with Crippen molar-refractivity contribution in [2.75, 3.05) is 18.5 Å². The summed E-state index contributed by atoms with van der Waals surface area (Å²) in [6.07, 6.45) is 2.86. The Kier molecular flexibility index (Phi) is 4.92. The first kappa shape index (κ1) is 13.3. The van der Waals surface area contributed by atoms with Crippen molar-refractivity contribution in [3.63, 3.8) is 0 Å². The number of halogens is 1. The van der Waals surface area contributed by atoms with Gasteiger partial charge in [-0.25, -0.2) is 5.48 Å². The van der Waals surface area contributed by atoms with Crippen LogP contribution in [0, 0.1) is 0 Å². The number of carbonyl (C=O) groups excluding carboxylic acids is 1. The number of aromatic nitrogens is 1. The number of benzene rings is 1. The molecule has 0 amide bonds. The standard InChI is InChI=1S/C13H15BrN2O2/c14-7-11(17)9-18-16-6-5-10-8-15-13-4-2-1-3-12(10)13/h1-4,8,15-16H,5-7,9H2. The lowest BCUT2D eigenvalue weighted by atomic mass is 10.1. The van der Waals surface area contributed by atoms with Gasteiger partial charge in [0.1, 0.15) is 6.61 Å². The molecule has 0 spiro atoms. The molecule has 0 aliphatic carbocycles. The van der Waals surface area contributed by atoms with E-state index in [1.54, 1.807) is 0 Å². The third kappa shape index (κ3) is 3.41. The molecule has 0 radical (unpaired) electrons. The Morgan fingerprint density at radius 3 is 3.06 bits per heavy atom. The molecular formula is C13H15BrN2O2. The second-order valence-corrected chi connectivity index (χ2v) is 4.53. The van der Waals surface area contributed by atoms with Crippen molar-refractivity contribution in [1.29, 1.82) is 0 Å². The van der Waals surface area contributed by atoms with Crippen LogP contribution in [0.5, 0.6) is 0 Å². The molecule has 4 nitrogen and oxygen atoms in total. The maximum absolute atomic E-state index is 11.0. The fourth-order valence-electron chi connectivity index (χ4n) is 1.77. The number of Topliss-reactive ketones (excluding diaryl/α,β-unsaturated/α-hetero) is 1. The maximum Gasteiger partial charge on any atom is 0.171 e. The number of hydrogen-bond acceptors (Lipinski definition) is 3. The average Bonchev–Trinajstić information content (AvgIpc) is 2.81. The van der Waals surface area contributed by atoms with Crippen LogP contribution in [0.4, 0.5) is 0 Å². The van der Waals surface area contributed by atoms with E-state index in [1.165, 1.54) is 10.9 Å². The van der Waals surface area contributed by atoms with Crippen LogP contribution in [0.3, 0.4) is 0 Å². The Hall–Kier alpha value is -1.17. The van der Waals surface area contributed by atoms with Crippen LogP contribution in [0.15, 0.2) is 30.5 Å². The molecule has 0 unspecified atom stereocenters. The zero-order valence-corrected chi connectivity index (χ0v) is 11.5. The molecule has 5 heteroatoms. The van der Waals surface area contributed by atoms with Gasteiger partial charge in [-0.15, -0.1) is 0 Å². The summed E-state index contributed by atoms with van der Waals surface area (Å²) in [7, 11) is 0. The summed E-state index contributed by atoms with van der Waals surface area (Å²) in [5.41, 5.74) is 5.18. The van der Waals surface area contributed by atoms with E-state index in [4.69, 9.17) is 4.84 Å². The van der Waals surface area contributed by atoms with Gasteiger partial charge in [0.15, 0.2) is 5.78 Å². The normalized spacial score (nSPS) is 10.9. The highest BCUT2D eigenvalue weighted by atomic mass is 79.9. The van der Waals surface area contributed by atoms with Gasteiger partial charge in [-0.1, -0.05) is 34.1 Å². The van der Waals surface area contributed by atoms with Crippen LogP contribution in [-0.4, -0.2) is 29.2 Å². The fourth-order valence-corrected chi connectivity index (χ4v) is 1.93. The van der Waals surface area contributed by atoms with Gasteiger partial charge in [-0.3, -0.25) is 9.63 Å². The molecule has 18 heavy (non-hydrogen) atoms. The molecule has 1 aromatic heterocycles. The average molecular weight is 311 g/mol. The molecule has 96 valence electrons. The minimum atomic E-state index is 0.0228. The van der Waals surface area contributed by atoms with Crippen molar-refractivity contribution in [1.82, 2.24) is 10.5 Å². The predicted octanol–water partition coefficient (Wildman–Crippen LogP) is 2.20. The van der Waals surface area contributed by atoms with Gasteiger partial charge in [0, 0.05) is 23.6 Å².